The van der Waals surface area contributed by atoms with Crippen molar-refractivity contribution in [1.82, 2.24) is 9.21 Å². The first-order valence-corrected chi connectivity index (χ1v) is 12.2. The summed E-state index contributed by atoms with van der Waals surface area (Å²) in [4.78, 5) is 20.4. The average molecular weight is 511 g/mol. The minimum absolute atomic E-state index is 0.0390. The summed E-state index contributed by atoms with van der Waals surface area (Å²) < 4.78 is 43.4. The van der Waals surface area contributed by atoms with Gasteiger partial charge in [-0.2, -0.15) is 4.31 Å². The molecule has 0 saturated carbocycles. The molecule has 2 aromatic rings. The summed E-state index contributed by atoms with van der Waals surface area (Å²) in [7, 11) is 1.46. The van der Waals surface area contributed by atoms with Crippen LogP contribution in [-0.4, -0.2) is 87.3 Å². The summed E-state index contributed by atoms with van der Waals surface area (Å²) in [5.74, 6) is -1.78. The van der Waals surface area contributed by atoms with E-state index in [2.05, 4.69) is 4.90 Å². The molecule has 1 saturated heterocycles. The molecule has 1 heterocycles. The van der Waals surface area contributed by atoms with E-state index in [0.29, 0.717) is 50.0 Å². The third-order valence-corrected chi connectivity index (χ3v) is 7.13. The van der Waals surface area contributed by atoms with Gasteiger partial charge >= 0.3 is 11.9 Å². The number of carboxylic acid groups (broad SMARTS) is 2. The quantitative estimate of drug-likeness (QED) is 0.502. The summed E-state index contributed by atoms with van der Waals surface area (Å²) in [6, 6.07) is 13.1. The maximum atomic E-state index is 12.7. The molecule has 0 aliphatic carbocycles. The monoisotopic (exact) mass is 510 g/mol. The Kier molecular flexibility index (Phi) is 10.3. The van der Waals surface area contributed by atoms with E-state index >= 15 is 0 Å². The standard InChI is InChI=1S/C21H28N2O5S.C2H2O4/c1-26-19-10-9-18(20(27-2)21(19)28-3)15-22-11-13-23(14-12-22)29(24,25)16-17-7-5-4-6-8-17;3-1(4)2(5)6/h4-10H,11-16H2,1-3H3;(H,3,4)(H,5,6). The highest BCUT2D eigenvalue weighted by Gasteiger charge is 2.28. The van der Waals surface area contributed by atoms with Crippen molar-refractivity contribution in [3.8, 4) is 17.2 Å². The van der Waals surface area contributed by atoms with E-state index in [0.717, 1.165) is 11.1 Å². The number of carbonyl (C=O) groups is 2. The number of sulfonamides is 1. The first-order valence-electron chi connectivity index (χ1n) is 10.6. The zero-order chi connectivity index (χ0) is 26.0. The van der Waals surface area contributed by atoms with Crippen LogP contribution in [0.15, 0.2) is 42.5 Å². The summed E-state index contributed by atoms with van der Waals surface area (Å²) in [5.41, 5.74) is 1.79. The fourth-order valence-corrected chi connectivity index (χ4v) is 5.09. The topological polar surface area (TPSA) is 143 Å². The molecule has 3 rings (SSSR count). The molecular formula is C23H30N2O9S. The summed E-state index contributed by atoms with van der Waals surface area (Å²) in [6.45, 7) is 2.92. The molecule has 1 fully saturated rings. The van der Waals surface area contributed by atoms with Crippen molar-refractivity contribution in [2.24, 2.45) is 0 Å². The molecule has 1 aliphatic rings. The van der Waals surface area contributed by atoms with Crippen molar-refractivity contribution in [2.75, 3.05) is 47.5 Å². The molecule has 192 valence electrons. The van der Waals surface area contributed by atoms with Crippen LogP contribution < -0.4 is 14.2 Å². The molecule has 12 heteroatoms. The molecule has 0 spiro atoms. The second-order valence-corrected chi connectivity index (χ2v) is 9.49. The van der Waals surface area contributed by atoms with E-state index in [1.165, 1.54) is 0 Å². The normalized spacial score (nSPS) is 14.4. The van der Waals surface area contributed by atoms with E-state index in [1.54, 1.807) is 25.6 Å². The van der Waals surface area contributed by atoms with E-state index in [4.69, 9.17) is 34.0 Å². The Hall–Kier alpha value is -3.35. The molecule has 0 radical (unpaired) electrons. The minimum Gasteiger partial charge on any atom is -0.493 e. The first kappa shape index (κ1) is 27.9. The van der Waals surface area contributed by atoms with Crippen LogP contribution in [-0.2, 0) is 31.9 Å². The number of hydrogen-bond donors (Lipinski definition) is 2. The van der Waals surface area contributed by atoms with Gasteiger partial charge in [0.2, 0.25) is 15.8 Å². The van der Waals surface area contributed by atoms with Gasteiger partial charge in [0.1, 0.15) is 0 Å². The van der Waals surface area contributed by atoms with Gasteiger partial charge in [0.15, 0.2) is 11.5 Å². The fraction of sp³-hybridized carbons (Fsp3) is 0.391. The fourth-order valence-electron chi connectivity index (χ4n) is 3.57. The van der Waals surface area contributed by atoms with Crippen molar-refractivity contribution in [3.63, 3.8) is 0 Å². The highest BCUT2D eigenvalue weighted by Crippen LogP contribution is 2.40. The highest BCUT2D eigenvalue weighted by atomic mass is 32.2. The summed E-state index contributed by atoms with van der Waals surface area (Å²) >= 11 is 0. The van der Waals surface area contributed by atoms with Gasteiger partial charge in [0.25, 0.3) is 0 Å². The maximum absolute atomic E-state index is 12.7. The number of methoxy groups -OCH3 is 3. The molecule has 2 aromatic carbocycles. The smallest absolute Gasteiger partial charge is 0.414 e. The van der Waals surface area contributed by atoms with E-state index in [-0.39, 0.29) is 5.75 Å². The zero-order valence-electron chi connectivity index (χ0n) is 19.8. The molecule has 0 unspecified atom stereocenters. The number of hydrogen-bond acceptors (Lipinski definition) is 8. The van der Waals surface area contributed by atoms with Gasteiger partial charge in [0, 0.05) is 38.3 Å². The van der Waals surface area contributed by atoms with Crippen molar-refractivity contribution in [1.29, 1.82) is 0 Å². The van der Waals surface area contributed by atoms with Gasteiger partial charge in [-0.15, -0.1) is 0 Å². The lowest BCUT2D eigenvalue weighted by molar-refractivity contribution is -0.159. The van der Waals surface area contributed by atoms with Gasteiger partial charge in [-0.05, 0) is 11.6 Å². The third kappa shape index (κ3) is 7.84. The second-order valence-electron chi connectivity index (χ2n) is 7.52. The van der Waals surface area contributed by atoms with Gasteiger partial charge in [-0.1, -0.05) is 36.4 Å². The van der Waals surface area contributed by atoms with Crippen LogP contribution in [0.3, 0.4) is 0 Å². The van der Waals surface area contributed by atoms with E-state index in [9.17, 15) is 8.42 Å². The number of ether oxygens (including phenoxy) is 3. The number of rotatable bonds is 8. The average Bonchev–Trinajstić information content (AvgIpc) is 2.84. The molecule has 0 bridgehead atoms. The molecular weight excluding hydrogens is 480 g/mol. The number of carboxylic acids is 2. The van der Waals surface area contributed by atoms with Crippen molar-refractivity contribution in [3.05, 3.63) is 53.6 Å². The largest absolute Gasteiger partial charge is 0.493 e. The van der Waals surface area contributed by atoms with Crippen LogP contribution in [0.5, 0.6) is 17.2 Å². The van der Waals surface area contributed by atoms with Gasteiger partial charge in [0.05, 0.1) is 27.1 Å². The Balaban J connectivity index is 0.000000641. The van der Waals surface area contributed by atoms with Gasteiger partial charge < -0.3 is 24.4 Å². The minimum atomic E-state index is -3.32. The molecule has 0 amide bonds. The van der Waals surface area contributed by atoms with Gasteiger partial charge in [-0.25, -0.2) is 18.0 Å². The second kappa shape index (κ2) is 12.9. The number of benzene rings is 2. The van der Waals surface area contributed by atoms with Crippen molar-refractivity contribution >= 4 is 22.0 Å². The van der Waals surface area contributed by atoms with Crippen LogP contribution in [0.2, 0.25) is 0 Å². The molecule has 1 aliphatic heterocycles. The Morgan fingerprint density at radius 2 is 1.40 bits per heavy atom. The Morgan fingerprint density at radius 1 is 0.829 bits per heavy atom. The SMILES string of the molecule is COc1ccc(CN2CCN(S(=O)(=O)Cc3ccccc3)CC2)c(OC)c1OC.O=C(O)C(=O)O. The van der Waals surface area contributed by atoms with Crippen LogP contribution in [0, 0.1) is 0 Å². The predicted molar refractivity (Wildman–Crippen MR) is 127 cm³/mol. The summed E-state index contributed by atoms with van der Waals surface area (Å²) in [6.07, 6.45) is 0. The maximum Gasteiger partial charge on any atom is 0.414 e. The predicted octanol–water partition coefficient (Wildman–Crippen LogP) is 1.52. The Labute approximate surface area is 204 Å². The van der Waals surface area contributed by atoms with Crippen LogP contribution >= 0.6 is 0 Å². The highest BCUT2D eigenvalue weighted by molar-refractivity contribution is 7.88. The molecule has 0 aromatic heterocycles. The van der Waals surface area contributed by atoms with Crippen LogP contribution in [0.25, 0.3) is 0 Å². The van der Waals surface area contributed by atoms with Gasteiger partial charge in [-0.3, -0.25) is 4.90 Å². The number of aliphatic carboxylic acids is 2. The molecule has 35 heavy (non-hydrogen) atoms. The van der Waals surface area contributed by atoms with Crippen molar-refractivity contribution < 1.29 is 42.4 Å². The number of piperazine rings is 1. The van der Waals surface area contributed by atoms with Crippen molar-refractivity contribution in [2.45, 2.75) is 12.3 Å². The first-order chi connectivity index (χ1) is 16.6. The van der Waals surface area contributed by atoms with Crippen LogP contribution in [0.1, 0.15) is 11.1 Å². The lowest BCUT2D eigenvalue weighted by Gasteiger charge is -2.34. The van der Waals surface area contributed by atoms with E-state index < -0.39 is 22.0 Å². The third-order valence-electron chi connectivity index (χ3n) is 5.28. The molecule has 11 nitrogen and oxygen atoms in total. The Bertz CT molecular complexity index is 1090. The molecule has 2 N–H and O–H groups in total. The van der Waals surface area contributed by atoms with E-state index in [1.807, 2.05) is 42.5 Å². The lowest BCUT2D eigenvalue weighted by Crippen LogP contribution is -2.48. The summed E-state index contributed by atoms with van der Waals surface area (Å²) in [5, 5.41) is 14.8. The zero-order valence-corrected chi connectivity index (χ0v) is 20.7. The Morgan fingerprint density at radius 3 is 1.89 bits per heavy atom. The lowest BCUT2D eigenvalue weighted by atomic mass is 10.1. The number of nitrogens with zero attached hydrogens (tertiary/aromatic N) is 2. The molecule has 0 atom stereocenters. The van der Waals surface area contributed by atoms with Crippen LogP contribution in [0.4, 0.5) is 0 Å².